The largest absolute Gasteiger partial charge is 0.394 e. The van der Waals surface area contributed by atoms with Crippen LogP contribution in [0.4, 0.5) is 5.69 Å². The summed E-state index contributed by atoms with van der Waals surface area (Å²) in [5.41, 5.74) is 0.0368. The van der Waals surface area contributed by atoms with Gasteiger partial charge in [-0.2, -0.15) is 0 Å². The highest BCUT2D eigenvalue weighted by Crippen LogP contribution is 2.19. The number of hydrogen-bond donors (Lipinski definition) is 2. The van der Waals surface area contributed by atoms with E-state index in [-0.39, 0.29) is 24.6 Å². The van der Waals surface area contributed by atoms with Crippen molar-refractivity contribution in [1.82, 2.24) is 9.88 Å². The van der Waals surface area contributed by atoms with E-state index in [4.69, 9.17) is 9.84 Å². The Balaban J connectivity index is 2.08. The number of hydrogen-bond acceptors (Lipinski definition) is 5. The van der Waals surface area contributed by atoms with Crippen molar-refractivity contribution in [3.8, 4) is 0 Å². The van der Waals surface area contributed by atoms with Crippen molar-refractivity contribution in [2.24, 2.45) is 0 Å². The Kier molecular flexibility index (Phi) is 3.18. The molecule has 0 unspecified atom stereocenters. The molecule has 0 saturated carbocycles. The smallest absolute Gasteiger partial charge is 0.286 e. The summed E-state index contributed by atoms with van der Waals surface area (Å²) >= 11 is 0. The van der Waals surface area contributed by atoms with E-state index in [0.29, 0.717) is 13.1 Å². The van der Waals surface area contributed by atoms with Crippen molar-refractivity contribution in [2.75, 3.05) is 19.7 Å². The molecule has 1 fully saturated rings. The van der Waals surface area contributed by atoms with Crippen molar-refractivity contribution in [2.45, 2.75) is 12.3 Å². The molecule has 0 bridgehead atoms. The Morgan fingerprint density at radius 3 is 3.12 bits per heavy atom. The maximum Gasteiger partial charge on any atom is 0.286 e. The molecular formula is C9H13N3O4. The second-order valence-corrected chi connectivity index (χ2v) is 3.63. The normalized spacial score (nSPS) is 25.6. The first-order valence-corrected chi connectivity index (χ1v) is 4.99. The van der Waals surface area contributed by atoms with Crippen LogP contribution in [0, 0.1) is 10.1 Å². The summed E-state index contributed by atoms with van der Waals surface area (Å²) in [6, 6.07) is 1.42. The predicted octanol–water partition coefficient (Wildman–Crippen LogP) is -0.124. The van der Waals surface area contributed by atoms with Crippen LogP contribution in [0.5, 0.6) is 0 Å². The SMILES string of the molecule is O=[N+]([O-])c1ccn([C@H]2CNC[C@@H](CO)O2)c1. The topological polar surface area (TPSA) is 89.6 Å². The van der Waals surface area contributed by atoms with E-state index in [1.54, 1.807) is 10.8 Å². The fourth-order valence-corrected chi connectivity index (χ4v) is 1.66. The monoisotopic (exact) mass is 227 g/mol. The molecule has 0 amide bonds. The lowest BCUT2D eigenvalue weighted by Crippen LogP contribution is -2.43. The zero-order valence-electron chi connectivity index (χ0n) is 8.57. The number of rotatable bonds is 3. The lowest BCUT2D eigenvalue weighted by atomic mass is 10.3. The van der Waals surface area contributed by atoms with Gasteiger partial charge in [0.2, 0.25) is 0 Å². The van der Waals surface area contributed by atoms with Crippen LogP contribution in [-0.4, -0.2) is 40.4 Å². The molecule has 2 heterocycles. The Labute approximate surface area is 91.8 Å². The molecule has 1 aromatic heterocycles. The number of nitro groups is 1. The van der Waals surface area contributed by atoms with Gasteiger partial charge in [-0.25, -0.2) is 0 Å². The molecule has 0 aromatic carbocycles. The van der Waals surface area contributed by atoms with Crippen LogP contribution in [0.25, 0.3) is 0 Å². The van der Waals surface area contributed by atoms with Gasteiger partial charge >= 0.3 is 0 Å². The van der Waals surface area contributed by atoms with Crippen molar-refractivity contribution in [3.05, 3.63) is 28.6 Å². The van der Waals surface area contributed by atoms with Crippen molar-refractivity contribution < 1.29 is 14.8 Å². The van der Waals surface area contributed by atoms with E-state index in [2.05, 4.69) is 5.32 Å². The molecule has 7 nitrogen and oxygen atoms in total. The van der Waals surface area contributed by atoms with E-state index in [1.807, 2.05) is 0 Å². The molecule has 1 aliphatic heterocycles. The number of aliphatic hydroxyl groups is 1. The average molecular weight is 227 g/mol. The van der Waals surface area contributed by atoms with Gasteiger partial charge in [0.25, 0.3) is 5.69 Å². The molecule has 1 aromatic rings. The van der Waals surface area contributed by atoms with Crippen LogP contribution in [0.15, 0.2) is 18.5 Å². The third-order valence-corrected chi connectivity index (χ3v) is 2.49. The summed E-state index contributed by atoms with van der Waals surface area (Å²) in [6.07, 6.45) is 2.45. The maximum absolute atomic E-state index is 10.5. The first-order valence-electron chi connectivity index (χ1n) is 4.99. The molecule has 2 atom stereocenters. The summed E-state index contributed by atoms with van der Waals surface area (Å²) in [6.45, 7) is 1.10. The first kappa shape index (κ1) is 11.1. The van der Waals surface area contributed by atoms with Gasteiger partial charge in [0.15, 0.2) is 0 Å². The standard InChI is InChI=1S/C9H13N3O4/c13-6-8-3-10-4-9(16-8)11-2-1-7(5-11)12(14)15/h1-2,5,8-10,13H,3-4,6H2/t8-,9+/m0/s1. The van der Waals surface area contributed by atoms with Gasteiger partial charge in [-0.05, 0) is 0 Å². The molecule has 1 aliphatic rings. The molecule has 0 radical (unpaired) electrons. The number of morpholine rings is 1. The van der Waals surface area contributed by atoms with Gasteiger partial charge in [-0.15, -0.1) is 0 Å². The van der Waals surface area contributed by atoms with E-state index in [1.165, 1.54) is 12.3 Å². The predicted molar refractivity (Wildman–Crippen MR) is 55.0 cm³/mol. The molecule has 1 saturated heterocycles. The van der Waals surface area contributed by atoms with E-state index in [0.717, 1.165) is 0 Å². The maximum atomic E-state index is 10.5. The number of aliphatic hydroxyl groups excluding tert-OH is 1. The lowest BCUT2D eigenvalue weighted by Gasteiger charge is -2.30. The van der Waals surface area contributed by atoms with Crippen molar-refractivity contribution in [1.29, 1.82) is 0 Å². The Bertz CT molecular complexity index is 379. The van der Waals surface area contributed by atoms with Crippen LogP contribution in [-0.2, 0) is 4.74 Å². The number of nitrogens with one attached hydrogen (secondary N) is 1. The highest BCUT2D eigenvalue weighted by molar-refractivity contribution is 5.25. The highest BCUT2D eigenvalue weighted by Gasteiger charge is 2.23. The minimum atomic E-state index is -0.448. The number of ether oxygens (including phenoxy) is 1. The van der Waals surface area contributed by atoms with E-state index < -0.39 is 4.92 Å². The van der Waals surface area contributed by atoms with Crippen LogP contribution < -0.4 is 5.32 Å². The molecule has 7 heteroatoms. The fourth-order valence-electron chi connectivity index (χ4n) is 1.66. The van der Waals surface area contributed by atoms with Crippen LogP contribution in [0.1, 0.15) is 6.23 Å². The first-order chi connectivity index (χ1) is 7.70. The summed E-state index contributed by atoms with van der Waals surface area (Å²) < 4.78 is 7.17. The Morgan fingerprint density at radius 2 is 2.50 bits per heavy atom. The van der Waals surface area contributed by atoms with Crippen LogP contribution in [0.2, 0.25) is 0 Å². The quantitative estimate of drug-likeness (QED) is 0.555. The fraction of sp³-hybridized carbons (Fsp3) is 0.556. The molecule has 0 aliphatic carbocycles. The minimum absolute atomic E-state index is 0.0368. The molecule has 2 rings (SSSR count). The number of aromatic nitrogens is 1. The van der Waals surface area contributed by atoms with E-state index >= 15 is 0 Å². The van der Waals surface area contributed by atoms with Crippen LogP contribution >= 0.6 is 0 Å². The van der Waals surface area contributed by atoms with Gasteiger partial charge in [0.1, 0.15) is 6.23 Å². The average Bonchev–Trinajstić information content (AvgIpc) is 2.78. The lowest BCUT2D eigenvalue weighted by molar-refractivity contribution is -0.384. The minimum Gasteiger partial charge on any atom is -0.394 e. The Morgan fingerprint density at radius 1 is 1.69 bits per heavy atom. The van der Waals surface area contributed by atoms with Crippen molar-refractivity contribution in [3.63, 3.8) is 0 Å². The molecule has 16 heavy (non-hydrogen) atoms. The third kappa shape index (κ3) is 2.21. The second kappa shape index (κ2) is 4.60. The Hall–Kier alpha value is -1.44. The van der Waals surface area contributed by atoms with Gasteiger partial charge in [-0.3, -0.25) is 10.1 Å². The van der Waals surface area contributed by atoms with Gasteiger partial charge in [-0.1, -0.05) is 0 Å². The van der Waals surface area contributed by atoms with Crippen LogP contribution in [0.3, 0.4) is 0 Å². The summed E-state index contributed by atoms with van der Waals surface area (Å²) in [4.78, 5) is 10.1. The molecule has 88 valence electrons. The second-order valence-electron chi connectivity index (χ2n) is 3.63. The third-order valence-electron chi connectivity index (χ3n) is 2.49. The summed E-state index contributed by atoms with van der Waals surface area (Å²) in [5, 5.41) is 22.6. The highest BCUT2D eigenvalue weighted by atomic mass is 16.6. The van der Waals surface area contributed by atoms with Gasteiger partial charge in [0.05, 0.1) is 23.8 Å². The zero-order valence-corrected chi connectivity index (χ0v) is 8.57. The number of nitrogens with zero attached hydrogens (tertiary/aromatic N) is 2. The van der Waals surface area contributed by atoms with Gasteiger partial charge in [0, 0.05) is 25.4 Å². The van der Waals surface area contributed by atoms with E-state index in [9.17, 15) is 10.1 Å². The molecule has 0 spiro atoms. The zero-order chi connectivity index (χ0) is 11.5. The van der Waals surface area contributed by atoms with Crippen molar-refractivity contribution >= 4 is 5.69 Å². The molecular weight excluding hydrogens is 214 g/mol. The molecule has 2 N–H and O–H groups in total. The van der Waals surface area contributed by atoms with Gasteiger partial charge < -0.3 is 19.7 Å². The summed E-state index contributed by atoms with van der Waals surface area (Å²) in [5.74, 6) is 0. The summed E-state index contributed by atoms with van der Waals surface area (Å²) in [7, 11) is 0.